The second kappa shape index (κ2) is 6.56. The molecule has 1 amide bonds. The quantitative estimate of drug-likeness (QED) is 0.924. The molecule has 0 aromatic heterocycles. The Bertz CT molecular complexity index is 493. The van der Waals surface area contributed by atoms with Gasteiger partial charge in [-0.3, -0.25) is 9.69 Å². The summed E-state index contributed by atoms with van der Waals surface area (Å²) in [5.74, 6) is 0.357. The van der Waals surface area contributed by atoms with Crippen molar-refractivity contribution in [2.24, 2.45) is 5.92 Å². The van der Waals surface area contributed by atoms with Gasteiger partial charge in [0.1, 0.15) is 5.82 Å². The number of carbonyl (C=O) groups is 1. The van der Waals surface area contributed by atoms with Crippen molar-refractivity contribution < 1.29 is 9.18 Å². The lowest BCUT2D eigenvalue weighted by atomic mass is 9.84. The van der Waals surface area contributed by atoms with Gasteiger partial charge in [0.15, 0.2) is 0 Å². The van der Waals surface area contributed by atoms with Crippen LogP contribution in [0.4, 0.5) is 4.39 Å². The lowest BCUT2D eigenvalue weighted by molar-refractivity contribution is -0.128. The number of benzene rings is 1. The fourth-order valence-electron chi connectivity index (χ4n) is 3.12. The molecule has 1 aromatic rings. The SMILES string of the molecule is O=C(NC1CCN(Cc2cccc(F)c2)CC1)C1CCC1. The Kier molecular flexibility index (Phi) is 4.54. The maximum absolute atomic E-state index is 13.2. The van der Waals surface area contributed by atoms with Gasteiger partial charge in [-0.15, -0.1) is 0 Å². The molecule has 0 bridgehead atoms. The molecular weight excluding hydrogens is 267 g/mol. The van der Waals surface area contributed by atoms with Gasteiger partial charge >= 0.3 is 0 Å². The summed E-state index contributed by atoms with van der Waals surface area (Å²) in [5, 5.41) is 3.19. The number of halogens is 1. The number of hydrogen-bond donors (Lipinski definition) is 1. The van der Waals surface area contributed by atoms with Crippen LogP contribution >= 0.6 is 0 Å². The maximum atomic E-state index is 13.2. The number of amides is 1. The van der Waals surface area contributed by atoms with Crippen molar-refractivity contribution in [2.75, 3.05) is 13.1 Å². The third-order valence-electron chi connectivity index (χ3n) is 4.71. The lowest BCUT2D eigenvalue weighted by Crippen LogP contribution is -2.47. The molecule has 1 aliphatic heterocycles. The third kappa shape index (κ3) is 3.82. The van der Waals surface area contributed by atoms with Gasteiger partial charge in [0, 0.05) is 31.6 Å². The van der Waals surface area contributed by atoms with Crippen molar-refractivity contribution in [2.45, 2.75) is 44.7 Å². The van der Waals surface area contributed by atoms with E-state index < -0.39 is 0 Å². The van der Waals surface area contributed by atoms with E-state index in [1.807, 2.05) is 6.07 Å². The van der Waals surface area contributed by atoms with E-state index in [1.54, 1.807) is 12.1 Å². The summed E-state index contributed by atoms with van der Waals surface area (Å²) in [7, 11) is 0. The number of carbonyl (C=O) groups excluding carboxylic acids is 1. The van der Waals surface area contributed by atoms with Gasteiger partial charge in [-0.05, 0) is 43.4 Å². The molecule has 4 heteroatoms. The van der Waals surface area contributed by atoms with Crippen LogP contribution in [0.2, 0.25) is 0 Å². The normalized spacial score (nSPS) is 21.0. The zero-order chi connectivity index (χ0) is 14.7. The molecule has 1 saturated carbocycles. The van der Waals surface area contributed by atoms with Crippen LogP contribution in [-0.4, -0.2) is 29.9 Å². The molecule has 2 fully saturated rings. The first-order valence-corrected chi connectivity index (χ1v) is 7.98. The molecular formula is C17H23FN2O. The van der Waals surface area contributed by atoms with Gasteiger partial charge in [-0.25, -0.2) is 4.39 Å². The number of nitrogens with zero attached hydrogens (tertiary/aromatic N) is 1. The molecule has 3 nitrogen and oxygen atoms in total. The zero-order valence-electron chi connectivity index (χ0n) is 12.4. The largest absolute Gasteiger partial charge is 0.353 e. The van der Waals surface area contributed by atoms with E-state index in [1.165, 1.54) is 12.5 Å². The fraction of sp³-hybridized carbons (Fsp3) is 0.588. The molecule has 1 saturated heterocycles. The molecule has 3 rings (SSSR count). The molecule has 0 radical (unpaired) electrons. The molecule has 21 heavy (non-hydrogen) atoms. The Morgan fingerprint density at radius 1 is 1.24 bits per heavy atom. The minimum atomic E-state index is -0.171. The summed E-state index contributed by atoms with van der Waals surface area (Å²) in [6, 6.07) is 7.13. The van der Waals surface area contributed by atoms with Crippen molar-refractivity contribution in [1.82, 2.24) is 10.2 Å². The van der Waals surface area contributed by atoms with Gasteiger partial charge in [0.05, 0.1) is 0 Å². The van der Waals surface area contributed by atoms with Gasteiger partial charge in [0.25, 0.3) is 0 Å². The minimum absolute atomic E-state index is 0.171. The van der Waals surface area contributed by atoms with Crippen molar-refractivity contribution in [3.8, 4) is 0 Å². The number of hydrogen-bond acceptors (Lipinski definition) is 2. The van der Waals surface area contributed by atoms with Crippen LogP contribution < -0.4 is 5.32 Å². The van der Waals surface area contributed by atoms with Gasteiger partial charge in [0.2, 0.25) is 5.91 Å². The lowest BCUT2D eigenvalue weighted by Gasteiger charge is -2.34. The average Bonchev–Trinajstić information content (AvgIpc) is 2.39. The number of nitrogens with one attached hydrogen (secondary N) is 1. The van der Waals surface area contributed by atoms with Gasteiger partial charge in [-0.2, -0.15) is 0 Å². The molecule has 1 N–H and O–H groups in total. The second-order valence-electron chi connectivity index (χ2n) is 6.32. The fourth-order valence-corrected chi connectivity index (χ4v) is 3.12. The van der Waals surface area contributed by atoms with Crippen LogP contribution in [0.3, 0.4) is 0 Å². The first-order valence-electron chi connectivity index (χ1n) is 7.98. The molecule has 114 valence electrons. The number of piperidine rings is 1. The smallest absolute Gasteiger partial charge is 0.223 e. The highest BCUT2D eigenvalue weighted by Crippen LogP contribution is 2.26. The van der Waals surface area contributed by atoms with E-state index in [4.69, 9.17) is 0 Å². The van der Waals surface area contributed by atoms with E-state index in [0.29, 0.717) is 6.04 Å². The molecule has 0 spiro atoms. The predicted octanol–water partition coefficient (Wildman–Crippen LogP) is 2.71. The summed E-state index contributed by atoms with van der Waals surface area (Å²) >= 11 is 0. The minimum Gasteiger partial charge on any atom is -0.353 e. The third-order valence-corrected chi connectivity index (χ3v) is 4.71. The van der Waals surface area contributed by atoms with Crippen molar-refractivity contribution in [3.05, 3.63) is 35.6 Å². The Hall–Kier alpha value is -1.42. The first kappa shape index (κ1) is 14.5. The van der Waals surface area contributed by atoms with E-state index in [0.717, 1.165) is 50.9 Å². The Morgan fingerprint density at radius 3 is 2.62 bits per heavy atom. The number of rotatable bonds is 4. The van der Waals surface area contributed by atoms with Crippen LogP contribution in [0.5, 0.6) is 0 Å². The Balaban J connectivity index is 1.43. The van der Waals surface area contributed by atoms with E-state index in [9.17, 15) is 9.18 Å². The van der Waals surface area contributed by atoms with Crippen molar-refractivity contribution >= 4 is 5.91 Å². The molecule has 1 heterocycles. The monoisotopic (exact) mass is 290 g/mol. The van der Waals surface area contributed by atoms with Crippen LogP contribution in [0, 0.1) is 11.7 Å². The van der Waals surface area contributed by atoms with Crippen LogP contribution in [0.25, 0.3) is 0 Å². The molecule has 2 aliphatic rings. The highest BCUT2D eigenvalue weighted by molar-refractivity contribution is 5.79. The van der Waals surface area contributed by atoms with Crippen molar-refractivity contribution in [3.63, 3.8) is 0 Å². The summed E-state index contributed by atoms with van der Waals surface area (Å²) in [6.45, 7) is 2.72. The molecule has 1 aromatic carbocycles. The Labute approximate surface area is 125 Å². The Morgan fingerprint density at radius 2 is 2.00 bits per heavy atom. The molecule has 1 aliphatic carbocycles. The average molecular weight is 290 g/mol. The second-order valence-corrected chi connectivity index (χ2v) is 6.32. The van der Waals surface area contributed by atoms with Crippen LogP contribution in [0.1, 0.15) is 37.7 Å². The maximum Gasteiger partial charge on any atom is 0.223 e. The van der Waals surface area contributed by atoms with E-state index in [2.05, 4.69) is 10.2 Å². The summed E-state index contributed by atoms with van der Waals surface area (Å²) < 4.78 is 13.2. The summed E-state index contributed by atoms with van der Waals surface area (Å²) in [4.78, 5) is 14.3. The van der Waals surface area contributed by atoms with Crippen LogP contribution in [-0.2, 0) is 11.3 Å². The highest BCUT2D eigenvalue weighted by Gasteiger charge is 2.28. The standard InChI is InChI=1S/C17H23FN2O/c18-15-6-1-3-13(11-15)12-20-9-7-16(8-10-20)19-17(21)14-4-2-5-14/h1,3,6,11,14,16H,2,4-5,7-10,12H2,(H,19,21). The zero-order valence-corrected chi connectivity index (χ0v) is 12.4. The van der Waals surface area contributed by atoms with E-state index in [-0.39, 0.29) is 17.6 Å². The number of likely N-dealkylation sites (tertiary alicyclic amines) is 1. The molecule has 0 atom stereocenters. The highest BCUT2D eigenvalue weighted by atomic mass is 19.1. The topological polar surface area (TPSA) is 32.3 Å². The predicted molar refractivity (Wildman–Crippen MR) is 80.2 cm³/mol. The van der Waals surface area contributed by atoms with E-state index >= 15 is 0 Å². The summed E-state index contributed by atoms with van der Waals surface area (Å²) in [6.07, 6.45) is 5.31. The van der Waals surface area contributed by atoms with Crippen molar-refractivity contribution in [1.29, 1.82) is 0 Å². The van der Waals surface area contributed by atoms with Gasteiger partial charge < -0.3 is 5.32 Å². The first-order chi connectivity index (χ1) is 10.2. The summed E-state index contributed by atoms with van der Waals surface area (Å²) in [5.41, 5.74) is 1.02. The van der Waals surface area contributed by atoms with Gasteiger partial charge in [-0.1, -0.05) is 18.6 Å². The van der Waals surface area contributed by atoms with Crippen LogP contribution in [0.15, 0.2) is 24.3 Å². The molecule has 0 unspecified atom stereocenters.